The van der Waals surface area contributed by atoms with Crippen LogP contribution in [0.5, 0.6) is 11.5 Å². The van der Waals surface area contributed by atoms with Crippen molar-refractivity contribution in [2.45, 2.75) is 19.6 Å². The van der Waals surface area contributed by atoms with E-state index in [-0.39, 0.29) is 6.61 Å². The monoisotopic (exact) mass is 406 g/mol. The second kappa shape index (κ2) is 8.28. The van der Waals surface area contributed by atoms with Crippen molar-refractivity contribution in [2.75, 3.05) is 19.5 Å². The second-order valence-electron chi connectivity index (χ2n) is 6.74. The van der Waals surface area contributed by atoms with Gasteiger partial charge in [-0.15, -0.1) is 0 Å². The van der Waals surface area contributed by atoms with Gasteiger partial charge in [0.15, 0.2) is 11.5 Å². The maximum absolute atomic E-state index is 13.2. The number of hydrogen-bond acceptors (Lipinski definition) is 7. The zero-order valence-electron chi connectivity index (χ0n) is 17.0. The van der Waals surface area contributed by atoms with E-state index in [9.17, 15) is 4.79 Å². The third-order valence-corrected chi connectivity index (χ3v) is 4.96. The van der Waals surface area contributed by atoms with Crippen LogP contribution in [0.2, 0.25) is 0 Å². The minimum Gasteiger partial charge on any atom is -0.493 e. The Labute approximate surface area is 174 Å². The molecule has 0 bridgehead atoms. The van der Waals surface area contributed by atoms with E-state index in [1.165, 1.54) is 6.33 Å². The minimum absolute atomic E-state index is 0.169. The molecule has 0 saturated heterocycles. The Morgan fingerprint density at radius 1 is 1.10 bits per heavy atom. The highest BCUT2D eigenvalue weighted by Gasteiger charge is 2.36. The molecule has 1 aromatic heterocycles. The largest absolute Gasteiger partial charge is 0.493 e. The zero-order chi connectivity index (χ0) is 21.1. The third-order valence-electron chi connectivity index (χ3n) is 4.96. The van der Waals surface area contributed by atoms with Gasteiger partial charge in [-0.2, -0.15) is 10.1 Å². The molecule has 1 N–H and O–H groups in total. The molecule has 30 heavy (non-hydrogen) atoms. The summed E-state index contributed by atoms with van der Waals surface area (Å²) in [6.07, 6.45) is 1.44. The van der Waals surface area contributed by atoms with Crippen LogP contribution >= 0.6 is 0 Å². The van der Waals surface area contributed by atoms with Crippen LogP contribution in [0.1, 0.15) is 24.1 Å². The SMILES string of the molecule is COc1cccc([C@@H]2C(C(=O)OCc3ccccc3)=C(C)Nc3ncnn32)c1OC. The lowest BCUT2D eigenvalue weighted by Crippen LogP contribution is -2.30. The highest BCUT2D eigenvalue weighted by atomic mass is 16.5. The number of allylic oxidation sites excluding steroid dienone is 1. The molecule has 0 saturated carbocycles. The van der Waals surface area contributed by atoms with Crippen molar-refractivity contribution in [1.29, 1.82) is 0 Å². The summed E-state index contributed by atoms with van der Waals surface area (Å²) in [5, 5.41) is 7.47. The number of nitrogens with zero attached hydrogens (tertiary/aromatic N) is 3. The summed E-state index contributed by atoms with van der Waals surface area (Å²) in [4.78, 5) is 17.4. The number of fused-ring (bicyclic) bond motifs is 1. The van der Waals surface area contributed by atoms with E-state index in [1.807, 2.05) is 49.4 Å². The molecule has 0 unspecified atom stereocenters. The van der Waals surface area contributed by atoms with Gasteiger partial charge in [0, 0.05) is 11.3 Å². The molecule has 4 rings (SSSR count). The Morgan fingerprint density at radius 3 is 2.63 bits per heavy atom. The van der Waals surface area contributed by atoms with Gasteiger partial charge in [0.25, 0.3) is 0 Å². The number of para-hydroxylation sites is 1. The van der Waals surface area contributed by atoms with Crippen LogP contribution in [0.25, 0.3) is 0 Å². The lowest BCUT2D eigenvalue weighted by Gasteiger charge is -2.29. The highest BCUT2D eigenvalue weighted by Crippen LogP contribution is 2.42. The molecule has 154 valence electrons. The van der Waals surface area contributed by atoms with Gasteiger partial charge in [0.05, 0.1) is 19.8 Å². The lowest BCUT2D eigenvalue weighted by atomic mass is 9.94. The van der Waals surface area contributed by atoms with E-state index in [4.69, 9.17) is 14.2 Å². The van der Waals surface area contributed by atoms with Gasteiger partial charge in [-0.1, -0.05) is 42.5 Å². The molecule has 1 aliphatic rings. The highest BCUT2D eigenvalue weighted by molar-refractivity contribution is 5.92. The topological polar surface area (TPSA) is 87.5 Å². The van der Waals surface area contributed by atoms with Crippen LogP contribution in [0.15, 0.2) is 66.1 Å². The Morgan fingerprint density at radius 2 is 1.90 bits per heavy atom. The summed E-state index contributed by atoms with van der Waals surface area (Å²) in [6, 6.07) is 14.5. The molecule has 2 aromatic carbocycles. The van der Waals surface area contributed by atoms with Gasteiger partial charge in [-0.3, -0.25) is 0 Å². The van der Waals surface area contributed by atoms with E-state index in [0.717, 1.165) is 11.1 Å². The fraction of sp³-hybridized carbons (Fsp3) is 0.227. The Balaban J connectivity index is 1.76. The number of esters is 1. The van der Waals surface area contributed by atoms with Gasteiger partial charge in [0.2, 0.25) is 5.95 Å². The van der Waals surface area contributed by atoms with Crippen molar-refractivity contribution in [1.82, 2.24) is 14.8 Å². The predicted molar refractivity (Wildman–Crippen MR) is 110 cm³/mol. The van der Waals surface area contributed by atoms with Crippen molar-refractivity contribution < 1.29 is 19.0 Å². The molecule has 8 nitrogen and oxygen atoms in total. The molecular formula is C22H22N4O4. The summed E-state index contributed by atoms with van der Waals surface area (Å²) in [5.74, 6) is 1.17. The molecule has 0 radical (unpaired) electrons. The number of benzene rings is 2. The fourth-order valence-electron chi connectivity index (χ4n) is 3.57. The van der Waals surface area contributed by atoms with Crippen molar-refractivity contribution in [3.63, 3.8) is 0 Å². The van der Waals surface area contributed by atoms with Gasteiger partial charge in [-0.25, -0.2) is 9.48 Å². The number of carbonyl (C=O) groups excluding carboxylic acids is 1. The predicted octanol–water partition coefficient (Wildman–Crippen LogP) is 3.33. The second-order valence-corrected chi connectivity index (χ2v) is 6.74. The van der Waals surface area contributed by atoms with Gasteiger partial charge >= 0.3 is 5.97 Å². The zero-order valence-corrected chi connectivity index (χ0v) is 17.0. The van der Waals surface area contributed by atoms with E-state index < -0.39 is 12.0 Å². The molecule has 3 aromatic rings. The van der Waals surface area contributed by atoms with Crippen LogP contribution in [0, 0.1) is 0 Å². The van der Waals surface area contributed by atoms with Gasteiger partial charge in [-0.05, 0) is 18.6 Å². The first-order valence-electron chi connectivity index (χ1n) is 9.43. The maximum Gasteiger partial charge on any atom is 0.338 e. The van der Waals surface area contributed by atoms with E-state index in [0.29, 0.717) is 28.7 Å². The Hall–Kier alpha value is -3.81. The van der Waals surface area contributed by atoms with Crippen LogP contribution in [-0.2, 0) is 16.1 Å². The number of rotatable bonds is 6. The Bertz CT molecular complexity index is 1090. The van der Waals surface area contributed by atoms with E-state index >= 15 is 0 Å². The summed E-state index contributed by atoms with van der Waals surface area (Å²) in [6.45, 7) is 1.99. The summed E-state index contributed by atoms with van der Waals surface area (Å²) in [5.41, 5.74) is 2.69. The van der Waals surface area contributed by atoms with E-state index in [2.05, 4.69) is 15.4 Å². The first-order chi connectivity index (χ1) is 14.6. The molecule has 0 aliphatic carbocycles. The molecule has 8 heteroatoms. The molecule has 1 atom stereocenters. The number of anilines is 1. The number of aromatic nitrogens is 3. The van der Waals surface area contributed by atoms with Crippen molar-refractivity contribution in [2.24, 2.45) is 0 Å². The lowest BCUT2D eigenvalue weighted by molar-refractivity contribution is -0.140. The summed E-state index contributed by atoms with van der Waals surface area (Å²) in [7, 11) is 3.13. The number of hydrogen-bond donors (Lipinski definition) is 1. The number of methoxy groups -OCH3 is 2. The van der Waals surface area contributed by atoms with Crippen LogP contribution in [0.3, 0.4) is 0 Å². The van der Waals surface area contributed by atoms with Crippen molar-refractivity contribution in [3.05, 3.63) is 77.3 Å². The normalized spacial score (nSPS) is 15.2. The average molecular weight is 406 g/mol. The number of carbonyl (C=O) groups is 1. The molecular weight excluding hydrogens is 384 g/mol. The van der Waals surface area contributed by atoms with Crippen LogP contribution in [0.4, 0.5) is 5.95 Å². The fourth-order valence-corrected chi connectivity index (χ4v) is 3.57. The minimum atomic E-state index is -0.586. The quantitative estimate of drug-likeness (QED) is 0.628. The molecule has 0 fully saturated rings. The molecule has 1 aliphatic heterocycles. The summed E-state index contributed by atoms with van der Waals surface area (Å²) < 4.78 is 18.4. The first kappa shape index (κ1) is 19.5. The average Bonchev–Trinajstić information content (AvgIpc) is 3.24. The van der Waals surface area contributed by atoms with Gasteiger partial charge < -0.3 is 19.5 Å². The first-order valence-corrected chi connectivity index (χ1v) is 9.43. The van der Waals surface area contributed by atoms with Crippen LogP contribution in [-0.4, -0.2) is 35.0 Å². The van der Waals surface area contributed by atoms with Gasteiger partial charge in [0.1, 0.15) is 19.0 Å². The standard InChI is InChI=1S/C22H22N4O4/c1-14-18(21(27)30-12-15-8-5-4-6-9-15)19(26-22(25-14)23-13-24-26)16-10-7-11-17(28-2)20(16)29-3/h4-11,13,19H,12H2,1-3H3,(H,23,24,25)/t19-/m1/s1. The smallest absolute Gasteiger partial charge is 0.338 e. The molecule has 0 spiro atoms. The number of ether oxygens (including phenoxy) is 3. The molecule has 0 amide bonds. The number of nitrogens with one attached hydrogen (secondary N) is 1. The maximum atomic E-state index is 13.2. The summed E-state index contributed by atoms with van der Waals surface area (Å²) >= 11 is 0. The molecule has 2 heterocycles. The van der Waals surface area contributed by atoms with Crippen LogP contribution < -0.4 is 14.8 Å². The van der Waals surface area contributed by atoms with Crippen molar-refractivity contribution in [3.8, 4) is 11.5 Å². The van der Waals surface area contributed by atoms with Crippen molar-refractivity contribution >= 4 is 11.9 Å². The van der Waals surface area contributed by atoms with E-state index in [1.54, 1.807) is 25.0 Å². The third kappa shape index (κ3) is 3.47. The Kier molecular flexibility index (Phi) is 5.38.